The van der Waals surface area contributed by atoms with E-state index in [4.69, 9.17) is 0 Å². The van der Waals surface area contributed by atoms with Crippen LogP contribution in [-0.4, -0.2) is 68.5 Å². The van der Waals surface area contributed by atoms with Crippen LogP contribution in [0.3, 0.4) is 0 Å². The molecule has 0 bridgehead atoms. The van der Waals surface area contributed by atoms with Crippen LogP contribution in [0.2, 0.25) is 0 Å². The van der Waals surface area contributed by atoms with Crippen LogP contribution >= 0.6 is 0 Å². The van der Waals surface area contributed by atoms with Gasteiger partial charge in [-0.15, -0.1) is 5.10 Å². The van der Waals surface area contributed by atoms with Gasteiger partial charge in [-0.1, -0.05) is 12.2 Å². The summed E-state index contributed by atoms with van der Waals surface area (Å²) < 4.78 is 1.52. The van der Waals surface area contributed by atoms with Crippen LogP contribution in [0.1, 0.15) is 17.3 Å². The number of hydrogen-bond acceptors (Lipinski definition) is 5. The number of nitrogens with zero attached hydrogens (tertiary/aromatic N) is 6. The molecule has 3 heterocycles. The molecule has 1 amide bonds. The molecule has 0 aromatic carbocycles. The minimum absolute atomic E-state index is 0.00891. The second-order valence-corrected chi connectivity index (χ2v) is 5.39. The van der Waals surface area contributed by atoms with Crippen molar-refractivity contribution < 1.29 is 4.79 Å². The fraction of sp³-hybridized carbons (Fsp3) is 0.429. The van der Waals surface area contributed by atoms with Crippen LogP contribution < -0.4 is 0 Å². The summed E-state index contributed by atoms with van der Waals surface area (Å²) in [6.45, 7) is 10.0. The maximum absolute atomic E-state index is 12.6. The average molecular weight is 286 g/mol. The highest BCUT2D eigenvalue weighted by molar-refractivity contribution is 5.99. The summed E-state index contributed by atoms with van der Waals surface area (Å²) in [4.78, 5) is 16.8. The molecule has 0 atom stereocenters. The molecule has 0 saturated carbocycles. The SMILES string of the molecule is C=C(C)CN1CCN(C(=O)c2cccn3nnnc23)CC1. The molecule has 0 spiro atoms. The molecule has 1 saturated heterocycles. The fourth-order valence-corrected chi connectivity index (χ4v) is 2.59. The summed E-state index contributed by atoms with van der Waals surface area (Å²) in [5.41, 5.74) is 2.21. The molecule has 2 aromatic rings. The van der Waals surface area contributed by atoms with E-state index in [1.54, 1.807) is 18.3 Å². The van der Waals surface area contributed by atoms with E-state index in [1.165, 1.54) is 4.52 Å². The number of aromatic nitrogens is 4. The van der Waals surface area contributed by atoms with Crippen molar-refractivity contribution in [2.24, 2.45) is 0 Å². The second-order valence-electron chi connectivity index (χ2n) is 5.39. The highest BCUT2D eigenvalue weighted by Crippen LogP contribution is 2.12. The summed E-state index contributed by atoms with van der Waals surface area (Å²) in [6.07, 6.45) is 1.73. The van der Waals surface area contributed by atoms with Crippen LogP contribution in [0.25, 0.3) is 5.65 Å². The molecule has 1 aliphatic rings. The zero-order valence-electron chi connectivity index (χ0n) is 12.1. The predicted octanol–water partition coefficient (Wildman–Crippen LogP) is 0.458. The highest BCUT2D eigenvalue weighted by Gasteiger charge is 2.24. The van der Waals surface area contributed by atoms with Crippen molar-refractivity contribution in [2.75, 3.05) is 32.7 Å². The van der Waals surface area contributed by atoms with Gasteiger partial charge in [0, 0.05) is 38.9 Å². The lowest BCUT2D eigenvalue weighted by Crippen LogP contribution is -2.49. The zero-order valence-corrected chi connectivity index (χ0v) is 12.1. The first-order chi connectivity index (χ1) is 10.1. The quantitative estimate of drug-likeness (QED) is 0.767. The largest absolute Gasteiger partial charge is 0.336 e. The monoisotopic (exact) mass is 286 g/mol. The van der Waals surface area contributed by atoms with Crippen LogP contribution in [0.5, 0.6) is 0 Å². The number of tetrazole rings is 1. The number of fused-ring (bicyclic) bond motifs is 1. The molecule has 7 heteroatoms. The Morgan fingerprint density at radius 1 is 1.33 bits per heavy atom. The smallest absolute Gasteiger partial charge is 0.257 e. The van der Waals surface area contributed by atoms with E-state index in [0.717, 1.165) is 25.2 Å². The van der Waals surface area contributed by atoms with Gasteiger partial charge in [-0.3, -0.25) is 9.69 Å². The topological polar surface area (TPSA) is 66.6 Å². The number of rotatable bonds is 3. The maximum Gasteiger partial charge on any atom is 0.257 e. The summed E-state index contributed by atoms with van der Waals surface area (Å²) in [5.74, 6) is -0.00891. The van der Waals surface area contributed by atoms with Crippen LogP contribution in [-0.2, 0) is 0 Å². The van der Waals surface area contributed by atoms with Crippen molar-refractivity contribution in [3.8, 4) is 0 Å². The first-order valence-corrected chi connectivity index (χ1v) is 6.98. The van der Waals surface area contributed by atoms with Gasteiger partial charge >= 0.3 is 0 Å². The van der Waals surface area contributed by atoms with Gasteiger partial charge in [0.25, 0.3) is 5.91 Å². The Labute approximate surface area is 122 Å². The molecule has 0 N–H and O–H groups in total. The summed E-state index contributed by atoms with van der Waals surface area (Å²) in [5, 5.41) is 11.3. The van der Waals surface area contributed by atoms with E-state index >= 15 is 0 Å². The fourth-order valence-electron chi connectivity index (χ4n) is 2.59. The van der Waals surface area contributed by atoms with Gasteiger partial charge in [-0.2, -0.15) is 4.52 Å². The molecule has 1 aliphatic heterocycles. The van der Waals surface area contributed by atoms with Crippen LogP contribution in [0.4, 0.5) is 0 Å². The van der Waals surface area contributed by atoms with Gasteiger partial charge in [0.1, 0.15) is 0 Å². The van der Waals surface area contributed by atoms with E-state index in [-0.39, 0.29) is 5.91 Å². The standard InChI is InChI=1S/C14H18N6O/c1-11(2)10-18-6-8-19(9-7-18)14(21)12-4-3-5-20-13(12)15-16-17-20/h3-5H,1,6-10H2,2H3. The molecular weight excluding hydrogens is 268 g/mol. The Hall–Kier alpha value is -2.28. The van der Waals surface area contributed by atoms with E-state index in [0.29, 0.717) is 24.3 Å². The van der Waals surface area contributed by atoms with Gasteiger partial charge in [-0.05, 0) is 29.5 Å². The molecule has 110 valence electrons. The van der Waals surface area contributed by atoms with Gasteiger partial charge in [-0.25, -0.2) is 0 Å². The average Bonchev–Trinajstić information content (AvgIpc) is 2.95. The van der Waals surface area contributed by atoms with Gasteiger partial charge < -0.3 is 4.90 Å². The minimum atomic E-state index is -0.00891. The molecule has 0 aliphatic carbocycles. The van der Waals surface area contributed by atoms with E-state index < -0.39 is 0 Å². The third kappa shape index (κ3) is 2.78. The number of carbonyl (C=O) groups excluding carboxylic acids is 1. The van der Waals surface area contributed by atoms with E-state index in [1.807, 2.05) is 11.8 Å². The van der Waals surface area contributed by atoms with Crippen LogP contribution in [0.15, 0.2) is 30.5 Å². The lowest BCUT2D eigenvalue weighted by molar-refractivity contribution is 0.0649. The molecule has 0 unspecified atom stereocenters. The number of carbonyl (C=O) groups is 1. The van der Waals surface area contributed by atoms with Gasteiger partial charge in [0.05, 0.1) is 5.56 Å². The third-order valence-electron chi connectivity index (χ3n) is 3.61. The lowest BCUT2D eigenvalue weighted by Gasteiger charge is -2.34. The summed E-state index contributed by atoms with van der Waals surface area (Å²) in [6, 6.07) is 3.56. The predicted molar refractivity (Wildman–Crippen MR) is 77.9 cm³/mol. The lowest BCUT2D eigenvalue weighted by atomic mass is 10.2. The molecule has 2 aromatic heterocycles. The molecule has 21 heavy (non-hydrogen) atoms. The Bertz CT molecular complexity index is 671. The zero-order chi connectivity index (χ0) is 14.8. The van der Waals surface area contributed by atoms with E-state index in [9.17, 15) is 4.79 Å². The molecule has 7 nitrogen and oxygen atoms in total. The summed E-state index contributed by atoms with van der Waals surface area (Å²) in [7, 11) is 0. The Kier molecular flexibility index (Phi) is 3.66. The number of pyridine rings is 1. The maximum atomic E-state index is 12.6. The Morgan fingerprint density at radius 3 is 2.81 bits per heavy atom. The van der Waals surface area contributed by atoms with Crippen molar-refractivity contribution in [2.45, 2.75) is 6.92 Å². The second kappa shape index (κ2) is 5.61. The minimum Gasteiger partial charge on any atom is -0.336 e. The van der Waals surface area contributed by atoms with Crippen molar-refractivity contribution in [1.29, 1.82) is 0 Å². The Morgan fingerprint density at radius 2 is 2.10 bits per heavy atom. The van der Waals surface area contributed by atoms with Gasteiger partial charge in [0.15, 0.2) is 5.65 Å². The summed E-state index contributed by atoms with van der Waals surface area (Å²) >= 11 is 0. The van der Waals surface area contributed by atoms with Crippen molar-refractivity contribution in [3.05, 3.63) is 36.0 Å². The van der Waals surface area contributed by atoms with Crippen molar-refractivity contribution >= 4 is 11.6 Å². The van der Waals surface area contributed by atoms with E-state index in [2.05, 4.69) is 27.0 Å². The van der Waals surface area contributed by atoms with Crippen LogP contribution in [0, 0.1) is 0 Å². The van der Waals surface area contributed by atoms with Crippen molar-refractivity contribution in [1.82, 2.24) is 29.8 Å². The normalized spacial score (nSPS) is 16.3. The number of hydrogen-bond donors (Lipinski definition) is 0. The first-order valence-electron chi connectivity index (χ1n) is 6.98. The molecular formula is C14H18N6O. The molecule has 1 fully saturated rings. The first kappa shape index (κ1) is 13.7. The number of piperazine rings is 1. The molecule has 3 rings (SSSR count). The highest BCUT2D eigenvalue weighted by atomic mass is 16.2. The number of amides is 1. The van der Waals surface area contributed by atoms with Crippen molar-refractivity contribution in [3.63, 3.8) is 0 Å². The Balaban J connectivity index is 1.72. The third-order valence-corrected chi connectivity index (χ3v) is 3.61. The molecule has 0 radical (unpaired) electrons. The van der Waals surface area contributed by atoms with Gasteiger partial charge in [0.2, 0.25) is 0 Å².